The number of hydrogen-bond donors (Lipinski definition) is 2. The molecule has 0 aliphatic rings. The molecule has 184 valence electrons. The molecule has 1 aromatic heterocycles. The van der Waals surface area contributed by atoms with Gasteiger partial charge in [-0.2, -0.15) is 0 Å². The predicted molar refractivity (Wildman–Crippen MR) is 126 cm³/mol. The SMILES string of the molecule is CCOC(=O)NC(=O)c1c(NC(=O)CCCS(=O)(=O)c2ccccc2)sc(C(=O)OCC)c1C. The molecule has 0 saturated heterocycles. The molecule has 3 amide bonds. The molecule has 10 nitrogen and oxygen atoms in total. The van der Waals surface area contributed by atoms with E-state index < -0.39 is 33.7 Å². The van der Waals surface area contributed by atoms with Crippen LogP contribution in [-0.2, 0) is 24.1 Å². The smallest absolute Gasteiger partial charge is 0.414 e. The van der Waals surface area contributed by atoms with Gasteiger partial charge in [0.25, 0.3) is 5.91 Å². The predicted octanol–water partition coefficient (Wildman–Crippen LogP) is 3.31. The number of rotatable bonds is 10. The Kier molecular flexibility index (Phi) is 9.75. The van der Waals surface area contributed by atoms with E-state index in [1.807, 2.05) is 5.32 Å². The number of carbonyl (C=O) groups excluding carboxylic acids is 4. The van der Waals surface area contributed by atoms with E-state index in [-0.39, 0.29) is 57.7 Å². The molecular weight excluding hydrogens is 484 g/mol. The zero-order chi connectivity index (χ0) is 25.3. The van der Waals surface area contributed by atoms with Crippen molar-refractivity contribution in [1.82, 2.24) is 5.32 Å². The summed E-state index contributed by atoms with van der Waals surface area (Å²) in [5.41, 5.74) is 0.151. The van der Waals surface area contributed by atoms with Crippen LogP contribution < -0.4 is 10.6 Å². The van der Waals surface area contributed by atoms with E-state index in [1.165, 1.54) is 19.1 Å². The molecule has 0 bridgehead atoms. The van der Waals surface area contributed by atoms with Gasteiger partial charge >= 0.3 is 12.1 Å². The number of esters is 1. The van der Waals surface area contributed by atoms with E-state index in [1.54, 1.807) is 32.0 Å². The van der Waals surface area contributed by atoms with E-state index in [4.69, 9.17) is 9.47 Å². The van der Waals surface area contributed by atoms with Crippen molar-refractivity contribution in [2.24, 2.45) is 0 Å². The van der Waals surface area contributed by atoms with Crippen molar-refractivity contribution in [1.29, 1.82) is 0 Å². The Labute approximate surface area is 201 Å². The van der Waals surface area contributed by atoms with Crippen LogP contribution in [0.4, 0.5) is 9.80 Å². The lowest BCUT2D eigenvalue weighted by molar-refractivity contribution is -0.116. The molecule has 0 aliphatic carbocycles. The van der Waals surface area contributed by atoms with E-state index >= 15 is 0 Å². The number of ether oxygens (including phenoxy) is 2. The zero-order valence-corrected chi connectivity index (χ0v) is 20.6. The van der Waals surface area contributed by atoms with Crippen molar-refractivity contribution in [3.05, 3.63) is 46.3 Å². The van der Waals surface area contributed by atoms with Gasteiger partial charge in [-0.15, -0.1) is 11.3 Å². The van der Waals surface area contributed by atoms with Crippen molar-refractivity contribution >= 4 is 50.1 Å². The molecule has 2 aromatic rings. The van der Waals surface area contributed by atoms with Crippen LogP contribution in [0.15, 0.2) is 35.2 Å². The number of hydrogen-bond acceptors (Lipinski definition) is 9. The zero-order valence-electron chi connectivity index (χ0n) is 19.0. The van der Waals surface area contributed by atoms with E-state index in [2.05, 4.69) is 5.32 Å². The largest absolute Gasteiger partial charge is 0.462 e. The average molecular weight is 511 g/mol. The third-order valence-electron chi connectivity index (χ3n) is 4.50. The van der Waals surface area contributed by atoms with E-state index in [0.29, 0.717) is 0 Å². The molecule has 0 fully saturated rings. The van der Waals surface area contributed by atoms with Gasteiger partial charge in [-0.05, 0) is 44.9 Å². The fourth-order valence-corrected chi connectivity index (χ4v) is 5.39. The molecule has 2 N–H and O–H groups in total. The number of nitrogens with one attached hydrogen (secondary N) is 2. The second-order valence-electron chi connectivity index (χ2n) is 6.94. The van der Waals surface area contributed by atoms with Crippen LogP contribution in [0.5, 0.6) is 0 Å². The summed E-state index contributed by atoms with van der Waals surface area (Å²) < 4.78 is 34.5. The van der Waals surface area contributed by atoms with Crippen LogP contribution in [0.25, 0.3) is 0 Å². The maximum atomic E-state index is 12.7. The minimum atomic E-state index is -3.54. The maximum Gasteiger partial charge on any atom is 0.414 e. The molecule has 2 rings (SSSR count). The first-order valence-corrected chi connectivity index (χ1v) is 12.9. The van der Waals surface area contributed by atoms with Crippen molar-refractivity contribution in [3.63, 3.8) is 0 Å². The van der Waals surface area contributed by atoms with Gasteiger partial charge in [0, 0.05) is 6.42 Å². The quantitative estimate of drug-likeness (QED) is 0.463. The highest BCUT2D eigenvalue weighted by Gasteiger charge is 2.27. The summed E-state index contributed by atoms with van der Waals surface area (Å²) >= 11 is 0.829. The van der Waals surface area contributed by atoms with Gasteiger partial charge in [-0.25, -0.2) is 18.0 Å². The van der Waals surface area contributed by atoms with Crippen LogP contribution in [0.2, 0.25) is 0 Å². The highest BCUT2D eigenvalue weighted by atomic mass is 32.2. The van der Waals surface area contributed by atoms with Crippen LogP contribution in [0.1, 0.15) is 52.3 Å². The summed E-state index contributed by atoms with van der Waals surface area (Å²) in [5.74, 6) is -2.32. The van der Waals surface area contributed by atoms with Crippen LogP contribution in [0, 0.1) is 6.92 Å². The first-order valence-electron chi connectivity index (χ1n) is 10.5. The summed E-state index contributed by atoms with van der Waals surface area (Å²) in [6, 6.07) is 7.89. The third-order valence-corrected chi connectivity index (χ3v) is 7.50. The molecule has 12 heteroatoms. The number of thiophene rings is 1. The van der Waals surface area contributed by atoms with Gasteiger partial charge in [0.05, 0.1) is 29.4 Å². The lowest BCUT2D eigenvalue weighted by Gasteiger charge is -2.08. The molecule has 0 aliphatic heterocycles. The Morgan fingerprint density at radius 1 is 1.00 bits per heavy atom. The van der Waals surface area contributed by atoms with Crippen LogP contribution >= 0.6 is 11.3 Å². The molecule has 0 spiro atoms. The van der Waals surface area contributed by atoms with Gasteiger partial charge in [0.15, 0.2) is 9.84 Å². The second-order valence-corrected chi connectivity index (χ2v) is 10.1. The first-order chi connectivity index (χ1) is 16.1. The molecule has 0 atom stereocenters. The minimum Gasteiger partial charge on any atom is -0.462 e. The van der Waals surface area contributed by atoms with Crippen LogP contribution in [-0.4, -0.2) is 51.3 Å². The molecular formula is C22H26N2O8S2. The number of alkyl carbamates (subject to hydrolysis) is 1. The standard InChI is InChI=1S/C22H26N2O8S2/c1-4-31-21(27)18-14(3)17(19(26)24-22(28)32-5-2)20(33-18)23-16(25)12-9-13-34(29,30)15-10-7-6-8-11-15/h6-8,10-11H,4-5,9,12-13H2,1-3H3,(H,23,25)(H,24,26,28). The van der Waals surface area contributed by atoms with Gasteiger partial charge < -0.3 is 14.8 Å². The first kappa shape index (κ1) is 27.0. The summed E-state index contributed by atoms with van der Waals surface area (Å²) in [5, 5.41) is 4.63. The topological polar surface area (TPSA) is 145 Å². The summed E-state index contributed by atoms with van der Waals surface area (Å²) in [6.07, 6.45) is -1.07. The van der Waals surface area contributed by atoms with E-state index in [9.17, 15) is 27.6 Å². The number of carbonyl (C=O) groups is 4. The fraction of sp³-hybridized carbons (Fsp3) is 0.364. The lowest BCUT2D eigenvalue weighted by atomic mass is 10.1. The van der Waals surface area contributed by atoms with Crippen LogP contribution in [0.3, 0.4) is 0 Å². The third kappa shape index (κ3) is 7.12. The van der Waals surface area contributed by atoms with Gasteiger partial charge in [-0.3, -0.25) is 14.9 Å². The highest BCUT2D eigenvalue weighted by molar-refractivity contribution is 7.91. The molecule has 1 heterocycles. The van der Waals surface area contributed by atoms with Crippen molar-refractivity contribution in [2.45, 2.75) is 38.5 Å². The minimum absolute atomic E-state index is 0.0401. The average Bonchev–Trinajstić information content (AvgIpc) is 3.10. The molecule has 34 heavy (non-hydrogen) atoms. The highest BCUT2D eigenvalue weighted by Crippen LogP contribution is 2.34. The number of amides is 3. The number of benzene rings is 1. The molecule has 0 unspecified atom stereocenters. The summed E-state index contributed by atoms with van der Waals surface area (Å²) in [4.78, 5) is 49.4. The van der Waals surface area contributed by atoms with Crippen molar-refractivity contribution < 1.29 is 37.1 Å². The Morgan fingerprint density at radius 3 is 2.26 bits per heavy atom. The Morgan fingerprint density at radius 2 is 1.65 bits per heavy atom. The second kappa shape index (κ2) is 12.3. The van der Waals surface area contributed by atoms with Crippen molar-refractivity contribution in [3.8, 4) is 0 Å². The number of anilines is 1. The summed E-state index contributed by atoms with van der Waals surface area (Å²) in [7, 11) is -3.54. The van der Waals surface area contributed by atoms with Gasteiger partial charge in [-0.1, -0.05) is 18.2 Å². The fourth-order valence-electron chi connectivity index (χ4n) is 2.95. The van der Waals surface area contributed by atoms with E-state index in [0.717, 1.165) is 11.3 Å². The number of imide groups is 1. The van der Waals surface area contributed by atoms with Gasteiger partial charge in [0.2, 0.25) is 5.91 Å². The molecule has 0 radical (unpaired) electrons. The maximum absolute atomic E-state index is 12.7. The van der Waals surface area contributed by atoms with Gasteiger partial charge in [0.1, 0.15) is 9.88 Å². The monoisotopic (exact) mass is 510 g/mol. The molecule has 1 aromatic carbocycles. The normalized spacial score (nSPS) is 10.9. The number of sulfone groups is 1. The Balaban J connectivity index is 2.16. The Hall–Kier alpha value is -3.25. The summed E-state index contributed by atoms with van der Waals surface area (Å²) in [6.45, 7) is 4.85. The van der Waals surface area contributed by atoms with Crippen molar-refractivity contribution in [2.75, 3.05) is 24.3 Å². The molecule has 0 saturated carbocycles. The Bertz CT molecular complexity index is 1160. The lowest BCUT2D eigenvalue weighted by Crippen LogP contribution is -2.32.